The second-order valence-corrected chi connectivity index (χ2v) is 8.10. The second kappa shape index (κ2) is 9.52. The average molecular weight is 465 g/mol. The summed E-state index contributed by atoms with van der Waals surface area (Å²) in [5.74, 6) is 4.25. The molecule has 0 saturated carbocycles. The van der Waals surface area contributed by atoms with Gasteiger partial charge in [-0.3, -0.25) is 4.90 Å². The van der Waals surface area contributed by atoms with Crippen molar-refractivity contribution in [2.75, 3.05) is 63.1 Å². The van der Waals surface area contributed by atoms with E-state index in [0.717, 1.165) is 50.0 Å². The molecule has 10 heteroatoms. The Morgan fingerprint density at radius 3 is 2.59 bits per heavy atom. The third-order valence-electron chi connectivity index (χ3n) is 6.04. The van der Waals surface area contributed by atoms with E-state index in [1.54, 1.807) is 14.2 Å². The van der Waals surface area contributed by atoms with Gasteiger partial charge in [0.1, 0.15) is 23.5 Å². The molecule has 34 heavy (non-hydrogen) atoms. The molecule has 1 saturated heterocycles. The Hall–Kier alpha value is -3.92. The van der Waals surface area contributed by atoms with Gasteiger partial charge in [0.25, 0.3) is 0 Å². The largest absolute Gasteiger partial charge is 0.497 e. The lowest BCUT2D eigenvalue weighted by atomic mass is 10.1. The molecule has 2 aliphatic heterocycles. The lowest BCUT2D eigenvalue weighted by molar-refractivity contribution is 0.174. The highest BCUT2D eigenvalue weighted by Gasteiger charge is 2.22. The zero-order chi connectivity index (χ0) is 23.5. The molecule has 3 heterocycles. The van der Waals surface area contributed by atoms with Crippen molar-refractivity contribution in [3.8, 4) is 23.0 Å². The highest BCUT2D eigenvalue weighted by Crippen LogP contribution is 2.35. The predicted molar refractivity (Wildman–Crippen MR) is 129 cm³/mol. The van der Waals surface area contributed by atoms with Gasteiger partial charge in [-0.15, -0.1) is 0 Å². The maximum atomic E-state index is 6.49. The molecule has 0 bridgehead atoms. The number of rotatable bonds is 7. The van der Waals surface area contributed by atoms with Crippen LogP contribution in [0.3, 0.4) is 0 Å². The van der Waals surface area contributed by atoms with E-state index in [4.69, 9.17) is 24.7 Å². The molecule has 2 aliphatic rings. The van der Waals surface area contributed by atoms with E-state index in [1.165, 1.54) is 11.9 Å². The number of ether oxygens (including phenoxy) is 4. The minimum atomic E-state index is 0.291. The number of hydrogen-bond acceptors (Lipinski definition) is 10. The third-order valence-corrected chi connectivity index (χ3v) is 6.04. The Bertz CT molecular complexity index is 1170. The Morgan fingerprint density at radius 2 is 1.79 bits per heavy atom. The van der Waals surface area contributed by atoms with Crippen molar-refractivity contribution in [3.63, 3.8) is 0 Å². The van der Waals surface area contributed by atoms with Crippen LogP contribution >= 0.6 is 0 Å². The van der Waals surface area contributed by atoms with E-state index in [2.05, 4.69) is 37.2 Å². The summed E-state index contributed by atoms with van der Waals surface area (Å²) < 4.78 is 21.7. The average Bonchev–Trinajstić information content (AvgIpc) is 3.34. The fraction of sp³-hybridized carbons (Fsp3) is 0.333. The number of fused-ring (bicyclic) bond motifs is 1. The number of benzene rings is 2. The molecule has 0 aliphatic carbocycles. The number of nitrogens with zero attached hydrogens (tertiary/aromatic N) is 4. The zero-order valence-electron chi connectivity index (χ0n) is 19.3. The first-order chi connectivity index (χ1) is 16.6. The van der Waals surface area contributed by atoms with Crippen molar-refractivity contribution in [1.29, 1.82) is 0 Å². The minimum Gasteiger partial charge on any atom is -0.497 e. The number of anilines is 4. The molecule has 0 amide bonds. The van der Waals surface area contributed by atoms with E-state index < -0.39 is 0 Å². The summed E-state index contributed by atoms with van der Waals surface area (Å²) >= 11 is 0. The summed E-state index contributed by atoms with van der Waals surface area (Å²) in [6.07, 6.45) is 1.53. The molecule has 178 valence electrons. The van der Waals surface area contributed by atoms with Crippen molar-refractivity contribution >= 4 is 23.0 Å². The van der Waals surface area contributed by atoms with Crippen LogP contribution in [-0.4, -0.2) is 62.1 Å². The molecule has 1 fully saturated rings. The van der Waals surface area contributed by atoms with Crippen LogP contribution < -0.4 is 34.9 Å². The number of piperazine rings is 1. The molecular formula is C24H28N6O4. The second-order valence-electron chi connectivity index (χ2n) is 8.10. The fourth-order valence-electron chi connectivity index (χ4n) is 4.19. The summed E-state index contributed by atoms with van der Waals surface area (Å²) in [5, 5.41) is 3.27. The van der Waals surface area contributed by atoms with Crippen molar-refractivity contribution < 1.29 is 18.9 Å². The van der Waals surface area contributed by atoms with E-state index in [9.17, 15) is 0 Å². The molecule has 3 aromatic rings. The molecular weight excluding hydrogens is 436 g/mol. The molecule has 2 aromatic carbocycles. The van der Waals surface area contributed by atoms with Gasteiger partial charge in [0.05, 0.1) is 19.9 Å². The van der Waals surface area contributed by atoms with Gasteiger partial charge in [0.2, 0.25) is 6.79 Å². The van der Waals surface area contributed by atoms with E-state index in [1.807, 2.05) is 24.3 Å². The Labute approximate surface area is 198 Å². The van der Waals surface area contributed by atoms with Gasteiger partial charge in [-0.05, 0) is 29.8 Å². The van der Waals surface area contributed by atoms with Crippen LogP contribution in [0.25, 0.3) is 0 Å². The van der Waals surface area contributed by atoms with Crippen LogP contribution in [-0.2, 0) is 6.54 Å². The number of nitrogen functional groups attached to an aromatic ring is 1. The van der Waals surface area contributed by atoms with Crippen LogP contribution in [0.1, 0.15) is 5.56 Å². The topological polar surface area (TPSA) is 107 Å². The SMILES string of the molecule is COc1ccc(OC)c(Nc2ncnc(N3CCN(Cc4ccc5c(c4)OCO5)CC3)c2N)c1. The fourth-order valence-corrected chi connectivity index (χ4v) is 4.19. The van der Waals surface area contributed by atoms with Gasteiger partial charge >= 0.3 is 0 Å². The third kappa shape index (κ3) is 4.44. The summed E-state index contributed by atoms with van der Waals surface area (Å²) in [6.45, 7) is 4.56. The van der Waals surface area contributed by atoms with Gasteiger partial charge in [-0.2, -0.15) is 0 Å². The molecule has 5 rings (SSSR count). The zero-order valence-corrected chi connectivity index (χ0v) is 19.3. The monoisotopic (exact) mass is 464 g/mol. The van der Waals surface area contributed by atoms with Gasteiger partial charge in [-0.1, -0.05) is 6.07 Å². The molecule has 1 aromatic heterocycles. The number of nitrogens with two attached hydrogens (primary N) is 1. The molecule has 0 unspecified atom stereocenters. The maximum absolute atomic E-state index is 6.49. The Balaban J connectivity index is 1.25. The summed E-state index contributed by atoms with van der Waals surface area (Å²) in [7, 11) is 3.24. The van der Waals surface area contributed by atoms with Crippen molar-refractivity contribution in [1.82, 2.24) is 14.9 Å². The van der Waals surface area contributed by atoms with Crippen LogP contribution in [0.2, 0.25) is 0 Å². The minimum absolute atomic E-state index is 0.291. The number of aromatic nitrogens is 2. The smallest absolute Gasteiger partial charge is 0.231 e. The first kappa shape index (κ1) is 21.9. The van der Waals surface area contributed by atoms with Gasteiger partial charge < -0.3 is 34.9 Å². The van der Waals surface area contributed by atoms with Crippen LogP contribution in [0.15, 0.2) is 42.7 Å². The van der Waals surface area contributed by atoms with E-state index in [-0.39, 0.29) is 0 Å². The van der Waals surface area contributed by atoms with Crippen molar-refractivity contribution in [2.45, 2.75) is 6.54 Å². The first-order valence-electron chi connectivity index (χ1n) is 11.1. The molecule has 0 atom stereocenters. The van der Waals surface area contributed by atoms with Crippen LogP contribution in [0.4, 0.5) is 23.0 Å². The van der Waals surface area contributed by atoms with E-state index >= 15 is 0 Å². The normalized spacial score (nSPS) is 15.3. The van der Waals surface area contributed by atoms with Gasteiger partial charge in [-0.25, -0.2) is 9.97 Å². The lowest BCUT2D eigenvalue weighted by Gasteiger charge is -2.36. The molecule has 0 radical (unpaired) electrons. The highest BCUT2D eigenvalue weighted by atomic mass is 16.7. The molecule has 10 nitrogen and oxygen atoms in total. The Kier molecular flexibility index (Phi) is 6.13. The van der Waals surface area contributed by atoms with Gasteiger partial charge in [0.15, 0.2) is 23.1 Å². The van der Waals surface area contributed by atoms with Gasteiger partial charge in [0, 0.05) is 38.8 Å². The number of hydrogen-bond donors (Lipinski definition) is 2. The standard InChI is InChI=1S/C24H28N6O4/c1-31-17-4-6-19(32-2)18(12-17)28-23-22(25)24(27-14-26-23)30-9-7-29(8-10-30)13-16-3-5-20-21(11-16)34-15-33-20/h3-6,11-12,14H,7-10,13,15,25H2,1-2H3,(H,26,27,28). The molecule has 3 N–H and O–H groups in total. The number of methoxy groups -OCH3 is 2. The van der Waals surface area contributed by atoms with Crippen molar-refractivity contribution in [3.05, 3.63) is 48.3 Å². The summed E-state index contributed by atoms with van der Waals surface area (Å²) in [5.41, 5.74) is 8.91. The maximum Gasteiger partial charge on any atom is 0.231 e. The highest BCUT2D eigenvalue weighted by molar-refractivity contribution is 5.80. The first-order valence-corrected chi connectivity index (χ1v) is 11.1. The van der Waals surface area contributed by atoms with E-state index in [0.29, 0.717) is 35.5 Å². The van der Waals surface area contributed by atoms with Crippen LogP contribution in [0.5, 0.6) is 23.0 Å². The Morgan fingerprint density at radius 1 is 0.971 bits per heavy atom. The lowest BCUT2D eigenvalue weighted by Crippen LogP contribution is -2.46. The number of nitrogens with one attached hydrogen (secondary N) is 1. The quantitative estimate of drug-likeness (QED) is 0.542. The van der Waals surface area contributed by atoms with Crippen LogP contribution in [0, 0.1) is 0 Å². The summed E-state index contributed by atoms with van der Waals surface area (Å²) in [4.78, 5) is 13.4. The predicted octanol–water partition coefficient (Wildman–Crippen LogP) is 2.87. The molecule has 0 spiro atoms. The summed E-state index contributed by atoms with van der Waals surface area (Å²) in [6, 6.07) is 11.6. The van der Waals surface area contributed by atoms with Crippen molar-refractivity contribution in [2.24, 2.45) is 0 Å².